The van der Waals surface area contributed by atoms with E-state index >= 15 is 0 Å². The van der Waals surface area contributed by atoms with Crippen LogP contribution in [0.1, 0.15) is 18.9 Å². The Morgan fingerprint density at radius 3 is 3.05 bits per heavy atom. The van der Waals surface area contributed by atoms with Gasteiger partial charge in [0, 0.05) is 24.8 Å². The largest absolute Gasteiger partial charge is 0.380 e. The van der Waals surface area contributed by atoms with Crippen molar-refractivity contribution in [3.63, 3.8) is 0 Å². The van der Waals surface area contributed by atoms with Gasteiger partial charge in [-0.05, 0) is 18.9 Å². The van der Waals surface area contributed by atoms with Gasteiger partial charge in [-0.15, -0.1) is 0 Å². The molecule has 2 aromatic rings. The van der Waals surface area contributed by atoms with E-state index in [2.05, 4.69) is 53.1 Å². The predicted octanol–water partition coefficient (Wildman–Crippen LogP) is 2.11. The van der Waals surface area contributed by atoms with Gasteiger partial charge in [0.2, 0.25) is 0 Å². The average molecular weight is 300 g/mol. The Labute approximate surface area is 131 Å². The van der Waals surface area contributed by atoms with Gasteiger partial charge in [0.1, 0.15) is 0 Å². The number of anilines is 1. The second-order valence-corrected chi connectivity index (χ2v) is 5.92. The van der Waals surface area contributed by atoms with Gasteiger partial charge in [0.05, 0.1) is 31.6 Å². The van der Waals surface area contributed by atoms with Gasteiger partial charge in [-0.3, -0.25) is 4.68 Å². The molecule has 1 saturated heterocycles. The molecule has 1 aliphatic heterocycles. The van der Waals surface area contributed by atoms with E-state index in [9.17, 15) is 0 Å². The van der Waals surface area contributed by atoms with Gasteiger partial charge in [-0.2, -0.15) is 5.10 Å². The SMILES string of the molecule is CC(CC1COCCN1)Nc1cnn(Cc2ccccc2)c1. The van der Waals surface area contributed by atoms with Crippen molar-refractivity contribution in [3.8, 4) is 0 Å². The molecule has 118 valence electrons. The summed E-state index contributed by atoms with van der Waals surface area (Å²) in [6, 6.07) is 11.2. The molecule has 5 heteroatoms. The first-order chi connectivity index (χ1) is 10.8. The molecule has 2 N–H and O–H groups in total. The van der Waals surface area contributed by atoms with E-state index in [0.29, 0.717) is 12.1 Å². The normalized spacial score (nSPS) is 19.8. The third kappa shape index (κ3) is 4.32. The molecule has 22 heavy (non-hydrogen) atoms. The second kappa shape index (κ2) is 7.42. The highest BCUT2D eigenvalue weighted by atomic mass is 16.5. The number of nitrogens with zero attached hydrogens (tertiary/aromatic N) is 2. The first-order valence-corrected chi connectivity index (χ1v) is 7.93. The minimum absolute atomic E-state index is 0.383. The number of morpholine rings is 1. The highest BCUT2D eigenvalue weighted by Crippen LogP contribution is 2.12. The zero-order chi connectivity index (χ0) is 15.2. The predicted molar refractivity (Wildman–Crippen MR) is 88.1 cm³/mol. The van der Waals surface area contributed by atoms with Crippen LogP contribution in [-0.4, -0.2) is 41.6 Å². The molecule has 0 bridgehead atoms. The van der Waals surface area contributed by atoms with E-state index in [1.165, 1.54) is 5.56 Å². The highest BCUT2D eigenvalue weighted by Gasteiger charge is 2.16. The highest BCUT2D eigenvalue weighted by molar-refractivity contribution is 5.39. The molecular formula is C17H24N4O. The van der Waals surface area contributed by atoms with Crippen molar-refractivity contribution in [3.05, 3.63) is 48.3 Å². The molecule has 0 radical (unpaired) electrons. The van der Waals surface area contributed by atoms with E-state index in [1.54, 1.807) is 0 Å². The van der Waals surface area contributed by atoms with E-state index in [0.717, 1.165) is 38.4 Å². The van der Waals surface area contributed by atoms with Crippen LogP contribution in [0.15, 0.2) is 42.7 Å². The minimum Gasteiger partial charge on any atom is -0.380 e. The van der Waals surface area contributed by atoms with Crippen LogP contribution in [0, 0.1) is 0 Å². The maximum atomic E-state index is 5.50. The molecule has 2 unspecified atom stereocenters. The molecule has 2 heterocycles. The van der Waals surface area contributed by atoms with Gasteiger partial charge in [-0.25, -0.2) is 0 Å². The molecule has 0 spiro atoms. The topological polar surface area (TPSA) is 51.1 Å². The zero-order valence-electron chi connectivity index (χ0n) is 13.0. The van der Waals surface area contributed by atoms with Gasteiger partial charge in [0.25, 0.3) is 0 Å². The van der Waals surface area contributed by atoms with E-state index < -0.39 is 0 Å². The number of aromatic nitrogens is 2. The molecule has 2 atom stereocenters. The van der Waals surface area contributed by atoms with Crippen molar-refractivity contribution in [2.75, 3.05) is 25.1 Å². The maximum Gasteiger partial charge on any atom is 0.0728 e. The lowest BCUT2D eigenvalue weighted by Gasteiger charge is -2.26. The fraction of sp³-hybridized carbons (Fsp3) is 0.471. The van der Waals surface area contributed by atoms with Crippen LogP contribution < -0.4 is 10.6 Å². The molecule has 1 fully saturated rings. The molecule has 0 aliphatic carbocycles. The fourth-order valence-electron chi connectivity index (χ4n) is 2.84. The Bertz CT molecular complexity index is 563. The minimum atomic E-state index is 0.383. The molecule has 1 aromatic carbocycles. The van der Waals surface area contributed by atoms with Crippen LogP contribution in [0.25, 0.3) is 0 Å². The quantitative estimate of drug-likeness (QED) is 0.858. The lowest BCUT2D eigenvalue weighted by molar-refractivity contribution is 0.0731. The Kier molecular flexibility index (Phi) is 5.08. The van der Waals surface area contributed by atoms with Crippen molar-refractivity contribution < 1.29 is 4.74 Å². The van der Waals surface area contributed by atoms with Crippen molar-refractivity contribution in [1.29, 1.82) is 0 Å². The molecule has 0 amide bonds. The van der Waals surface area contributed by atoms with Crippen molar-refractivity contribution >= 4 is 5.69 Å². The Balaban J connectivity index is 1.50. The summed E-state index contributed by atoms with van der Waals surface area (Å²) in [5.74, 6) is 0. The van der Waals surface area contributed by atoms with Gasteiger partial charge in [-0.1, -0.05) is 30.3 Å². The fourth-order valence-corrected chi connectivity index (χ4v) is 2.84. The van der Waals surface area contributed by atoms with Crippen LogP contribution in [0.4, 0.5) is 5.69 Å². The number of rotatable bonds is 6. The summed E-state index contributed by atoms with van der Waals surface area (Å²) >= 11 is 0. The van der Waals surface area contributed by atoms with Crippen LogP contribution in [0.5, 0.6) is 0 Å². The molecule has 0 saturated carbocycles. The molecule has 5 nitrogen and oxygen atoms in total. The van der Waals surface area contributed by atoms with Gasteiger partial charge < -0.3 is 15.4 Å². The van der Waals surface area contributed by atoms with Crippen molar-refractivity contribution in [2.45, 2.75) is 32.0 Å². The molecular weight excluding hydrogens is 276 g/mol. The number of nitrogens with one attached hydrogen (secondary N) is 2. The third-order valence-corrected chi connectivity index (χ3v) is 3.87. The smallest absolute Gasteiger partial charge is 0.0728 e. The van der Waals surface area contributed by atoms with Crippen LogP contribution in [-0.2, 0) is 11.3 Å². The second-order valence-electron chi connectivity index (χ2n) is 5.92. The molecule has 1 aliphatic rings. The summed E-state index contributed by atoms with van der Waals surface area (Å²) in [5.41, 5.74) is 2.33. The third-order valence-electron chi connectivity index (χ3n) is 3.87. The molecule has 1 aromatic heterocycles. The lowest BCUT2D eigenvalue weighted by Crippen LogP contribution is -2.43. The Morgan fingerprint density at radius 2 is 2.27 bits per heavy atom. The summed E-state index contributed by atoms with van der Waals surface area (Å²) < 4.78 is 7.46. The van der Waals surface area contributed by atoms with Crippen LogP contribution >= 0.6 is 0 Å². The first-order valence-electron chi connectivity index (χ1n) is 7.93. The lowest BCUT2D eigenvalue weighted by atomic mass is 10.1. The zero-order valence-corrected chi connectivity index (χ0v) is 13.0. The number of benzene rings is 1. The maximum absolute atomic E-state index is 5.50. The summed E-state index contributed by atoms with van der Waals surface area (Å²) in [6.45, 7) is 5.58. The standard InChI is InChI=1S/C17H24N4O/c1-14(9-16-13-22-8-7-18-16)20-17-10-19-21(12-17)11-15-5-3-2-4-6-15/h2-6,10,12,14,16,18,20H,7-9,11,13H2,1H3. The van der Waals surface area contributed by atoms with Crippen LogP contribution in [0.2, 0.25) is 0 Å². The summed E-state index contributed by atoms with van der Waals surface area (Å²) in [7, 11) is 0. The van der Waals surface area contributed by atoms with Gasteiger partial charge in [0.15, 0.2) is 0 Å². The Hall–Kier alpha value is -1.85. The summed E-state index contributed by atoms with van der Waals surface area (Å²) in [4.78, 5) is 0. The van der Waals surface area contributed by atoms with Crippen molar-refractivity contribution in [1.82, 2.24) is 15.1 Å². The number of hydrogen-bond donors (Lipinski definition) is 2. The van der Waals surface area contributed by atoms with Crippen molar-refractivity contribution in [2.24, 2.45) is 0 Å². The van der Waals surface area contributed by atoms with Gasteiger partial charge >= 0.3 is 0 Å². The monoisotopic (exact) mass is 300 g/mol. The van der Waals surface area contributed by atoms with Crippen LogP contribution in [0.3, 0.4) is 0 Å². The Morgan fingerprint density at radius 1 is 1.41 bits per heavy atom. The molecule has 3 rings (SSSR count). The first kappa shape index (κ1) is 15.1. The number of hydrogen-bond acceptors (Lipinski definition) is 4. The van der Waals surface area contributed by atoms with E-state index in [-0.39, 0.29) is 0 Å². The summed E-state index contributed by atoms with van der Waals surface area (Å²) in [5, 5.41) is 11.4. The van der Waals surface area contributed by atoms with E-state index in [4.69, 9.17) is 4.74 Å². The average Bonchev–Trinajstić information content (AvgIpc) is 2.96. The number of ether oxygens (including phenoxy) is 1. The van der Waals surface area contributed by atoms with E-state index in [1.807, 2.05) is 16.9 Å². The summed E-state index contributed by atoms with van der Waals surface area (Å²) in [6.07, 6.45) is 5.00.